The van der Waals surface area contributed by atoms with E-state index in [2.05, 4.69) is 4.98 Å². The van der Waals surface area contributed by atoms with Crippen LogP contribution in [0.4, 0.5) is 4.79 Å². The van der Waals surface area contributed by atoms with Crippen molar-refractivity contribution in [1.29, 1.82) is 0 Å². The number of fused-ring (bicyclic) bond motifs is 1. The van der Waals surface area contributed by atoms with Crippen molar-refractivity contribution >= 4 is 12.0 Å². The largest absolute Gasteiger partial charge is 0.501 e. The Labute approximate surface area is 213 Å². The van der Waals surface area contributed by atoms with Gasteiger partial charge in [0, 0.05) is 19.6 Å². The molecule has 2 aromatic carbocycles. The van der Waals surface area contributed by atoms with Crippen molar-refractivity contribution in [1.82, 2.24) is 19.4 Å². The lowest BCUT2D eigenvalue weighted by atomic mass is 10.1. The molecule has 1 atom stereocenters. The van der Waals surface area contributed by atoms with E-state index in [1.807, 2.05) is 60.7 Å². The maximum Gasteiger partial charge on any atom is 0.410 e. The number of benzene rings is 2. The van der Waals surface area contributed by atoms with Gasteiger partial charge in [0.05, 0.1) is 12.6 Å². The second-order valence-electron chi connectivity index (χ2n) is 8.97. The van der Waals surface area contributed by atoms with E-state index in [0.29, 0.717) is 50.6 Å². The van der Waals surface area contributed by atoms with E-state index in [-0.39, 0.29) is 18.9 Å². The van der Waals surface area contributed by atoms with Gasteiger partial charge in [-0.3, -0.25) is 14.5 Å². The van der Waals surface area contributed by atoms with Gasteiger partial charge in [-0.05, 0) is 30.5 Å². The predicted octanol–water partition coefficient (Wildman–Crippen LogP) is 2.96. The minimum absolute atomic E-state index is 0.106. The fourth-order valence-corrected chi connectivity index (χ4v) is 4.79. The van der Waals surface area contributed by atoms with E-state index >= 15 is 0 Å². The van der Waals surface area contributed by atoms with Crippen LogP contribution in [-0.2, 0) is 17.9 Å². The van der Waals surface area contributed by atoms with Gasteiger partial charge in [0.15, 0.2) is 5.69 Å². The number of ether oxygens (including phenoxy) is 2. The van der Waals surface area contributed by atoms with Crippen LogP contribution in [0.2, 0.25) is 0 Å². The number of para-hydroxylation sites is 1. The zero-order valence-electron chi connectivity index (χ0n) is 20.3. The molecule has 37 heavy (non-hydrogen) atoms. The molecule has 10 nitrogen and oxygen atoms in total. The summed E-state index contributed by atoms with van der Waals surface area (Å²) < 4.78 is 12.8. The molecule has 0 unspecified atom stereocenters. The first kappa shape index (κ1) is 24.4. The van der Waals surface area contributed by atoms with Crippen LogP contribution in [0.1, 0.15) is 40.8 Å². The second-order valence-corrected chi connectivity index (χ2v) is 8.97. The average molecular weight is 505 g/mol. The summed E-state index contributed by atoms with van der Waals surface area (Å²) >= 11 is 0. The standard InChI is InChI=1S/C27H28N4O6/c32-23-22-26(34)29(16-17-36-20-10-5-2-6-11-20)14-15-31(22)24(28-25(23)33)21-12-7-13-30(21)27(35)37-18-19-8-3-1-4-9-19/h1-6,8-11,21,32H,7,12-18H2/t21-/m0/s1. The third-order valence-electron chi connectivity index (χ3n) is 6.64. The third kappa shape index (κ3) is 5.13. The molecule has 5 rings (SSSR count). The Morgan fingerprint density at radius 3 is 2.49 bits per heavy atom. The van der Waals surface area contributed by atoms with Gasteiger partial charge in [-0.1, -0.05) is 48.5 Å². The maximum absolute atomic E-state index is 13.3. The Morgan fingerprint density at radius 1 is 1.00 bits per heavy atom. The van der Waals surface area contributed by atoms with Gasteiger partial charge in [0.2, 0.25) is 5.75 Å². The molecule has 192 valence electrons. The number of hydrogen-bond acceptors (Lipinski definition) is 7. The number of amides is 2. The van der Waals surface area contributed by atoms with E-state index in [4.69, 9.17) is 9.47 Å². The predicted molar refractivity (Wildman–Crippen MR) is 133 cm³/mol. The Balaban J connectivity index is 1.33. The number of likely N-dealkylation sites (tertiary alicyclic amines) is 1. The van der Waals surface area contributed by atoms with Crippen LogP contribution in [0.25, 0.3) is 0 Å². The summed E-state index contributed by atoms with van der Waals surface area (Å²) in [6.07, 6.45) is 0.762. The Hall–Kier alpha value is -4.34. The molecule has 1 fully saturated rings. The molecule has 2 aliphatic heterocycles. The molecular formula is C27H28N4O6. The molecule has 0 bridgehead atoms. The SMILES string of the molecule is O=C1c2c(O)c(=O)nc([C@@H]3CCCN3C(=O)OCc3ccccc3)n2CCN1CCOc1ccccc1. The summed E-state index contributed by atoms with van der Waals surface area (Å²) in [5.74, 6) is -0.171. The average Bonchev–Trinajstić information content (AvgIpc) is 3.41. The molecule has 1 saturated heterocycles. The van der Waals surface area contributed by atoms with Crippen molar-refractivity contribution in [3.05, 3.63) is 88.1 Å². The first-order valence-electron chi connectivity index (χ1n) is 12.3. The van der Waals surface area contributed by atoms with Crippen LogP contribution in [-0.4, -0.2) is 62.7 Å². The smallest absolute Gasteiger partial charge is 0.410 e. The van der Waals surface area contributed by atoms with Crippen LogP contribution in [0.5, 0.6) is 11.5 Å². The van der Waals surface area contributed by atoms with Gasteiger partial charge in [0.25, 0.3) is 5.91 Å². The van der Waals surface area contributed by atoms with E-state index in [1.54, 1.807) is 14.4 Å². The number of carbonyl (C=O) groups is 2. The summed E-state index contributed by atoms with van der Waals surface area (Å²) in [5, 5.41) is 10.5. The number of carbonyl (C=O) groups excluding carboxylic acids is 2. The monoisotopic (exact) mass is 504 g/mol. The normalized spacial score (nSPS) is 17.0. The Morgan fingerprint density at radius 2 is 1.73 bits per heavy atom. The Kier molecular flexibility index (Phi) is 7.07. The van der Waals surface area contributed by atoms with Crippen molar-refractivity contribution in [2.75, 3.05) is 26.2 Å². The number of nitrogens with zero attached hydrogens (tertiary/aromatic N) is 4. The van der Waals surface area contributed by atoms with Crippen LogP contribution in [0.3, 0.4) is 0 Å². The van der Waals surface area contributed by atoms with Crippen molar-refractivity contribution in [3.8, 4) is 11.5 Å². The Bertz CT molecular complexity index is 1330. The van der Waals surface area contributed by atoms with Gasteiger partial charge >= 0.3 is 11.7 Å². The molecule has 0 saturated carbocycles. The molecule has 0 aliphatic carbocycles. The van der Waals surface area contributed by atoms with Crippen LogP contribution in [0.15, 0.2) is 65.5 Å². The summed E-state index contributed by atoms with van der Waals surface area (Å²) in [6, 6.07) is 18.1. The topological polar surface area (TPSA) is 114 Å². The van der Waals surface area contributed by atoms with Crippen molar-refractivity contribution in [3.63, 3.8) is 0 Å². The van der Waals surface area contributed by atoms with E-state index in [1.165, 1.54) is 0 Å². The van der Waals surface area contributed by atoms with Crippen molar-refractivity contribution < 1.29 is 24.2 Å². The number of aromatic hydroxyl groups is 1. The minimum Gasteiger partial charge on any atom is -0.501 e. The lowest BCUT2D eigenvalue weighted by Gasteiger charge is -2.33. The number of hydrogen-bond donors (Lipinski definition) is 1. The maximum atomic E-state index is 13.3. The zero-order valence-corrected chi connectivity index (χ0v) is 20.3. The highest BCUT2D eigenvalue weighted by Crippen LogP contribution is 2.33. The van der Waals surface area contributed by atoms with E-state index in [0.717, 1.165) is 5.56 Å². The fourth-order valence-electron chi connectivity index (χ4n) is 4.79. The molecule has 0 spiro atoms. The highest BCUT2D eigenvalue weighted by molar-refractivity contribution is 5.95. The quantitative estimate of drug-likeness (QED) is 0.526. The fraction of sp³-hybridized carbons (Fsp3) is 0.333. The van der Waals surface area contributed by atoms with Gasteiger partial charge in [-0.15, -0.1) is 0 Å². The molecule has 2 aliphatic rings. The number of aromatic nitrogens is 2. The van der Waals surface area contributed by atoms with Crippen LogP contribution in [0, 0.1) is 0 Å². The summed E-state index contributed by atoms with van der Waals surface area (Å²) in [6.45, 7) is 1.81. The van der Waals surface area contributed by atoms with Crippen LogP contribution >= 0.6 is 0 Å². The molecule has 10 heteroatoms. The molecule has 3 aromatic rings. The summed E-state index contributed by atoms with van der Waals surface area (Å²) in [4.78, 5) is 46.0. The van der Waals surface area contributed by atoms with Gasteiger partial charge < -0.3 is 24.0 Å². The molecule has 1 N–H and O–H groups in total. The van der Waals surface area contributed by atoms with Gasteiger partial charge in [-0.2, -0.15) is 4.98 Å². The molecular weight excluding hydrogens is 476 g/mol. The van der Waals surface area contributed by atoms with Gasteiger partial charge in [-0.25, -0.2) is 4.79 Å². The summed E-state index contributed by atoms with van der Waals surface area (Å²) in [7, 11) is 0. The van der Waals surface area contributed by atoms with Crippen LogP contribution < -0.4 is 10.3 Å². The highest BCUT2D eigenvalue weighted by atomic mass is 16.6. The second kappa shape index (κ2) is 10.7. The molecule has 1 aromatic heterocycles. The van der Waals surface area contributed by atoms with E-state index < -0.39 is 29.4 Å². The number of rotatable bonds is 7. The lowest BCUT2D eigenvalue weighted by Crippen LogP contribution is -2.46. The zero-order chi connectivity index (χ0) is 25.8. The minimum atomic E-state index is -0.888. The summed E-state index contributed by atoms with van der Waals surface area (Å²) in [5.41, 5.74) is -0.128. The molecule has 3 heterocycles. The van der Waals surface area contributed by atoms with Crippen molar-refractivity contribution in [2.45, 2.75) is 32.0 Å². The van der Waals surface area contributed by atoms with Gasteiger partial charge in [0.1, 0.15) is 24.8 Å². The first-order valence-corrected chi connectivity index (χ1v) is 12.3. The molecule has 2 amide bonds. The van der Waals surface area contributed by atoms with Crippen molar-refractivity contribution in [2.24, 2.45) is 0 Å². The third-order valence-corrected chi connectivity index (χ3v) is 6.64. The first-order chi connectivity index (χ1) is 18.0. The van der Waals surface area contributed by atoms with E-state index in [9.17, 15) is 19.5 Å². The molecule has 0 radical (unpaired) electrons. The lowest BCUT2D eigenvalue weighted by molar-refractivity contribution is 0.0658. The highest BCUT2D eigenvalue weighted by Gasteiger charge is 2.38.